The van der Waals surface area contributed by atoms with Gasteiger partial charge in [-0.15, -0.1) is 0 Å². The van der Waals surface area contributed by atoms with Gasteiger partial charge in [0.25, 0.3) is 0 Å². The monoisotopic (exact) mass is 248 g/mol. The molecule has 2 N–H and O–H groups in total. The maximum atomic E-state index is 13.7. The lowest BCUT2D eigenvalue weighted by Gasteiger charge is -2.07. The molecule has 2 rings (SSSR count). The molecule has 4 nitrogen and oxygen atoms in total. The summed E-state index contributed by atoms with van der Waals surface area (Å²) in [5, 5.41) is 15.5. The number of benzene rings is 1. The average molecular weight is 248 g/mol. The zero-order chi connectivity index (χ0) is 13.1. The molecule has 94 valence electrons. The topological polar surface area (TPSA) is 66.0 Å². The first kappa shape index (κ1) is 12.3. The predicted molar refractivity (Wildman–Crippen MR) is 64.5 cm³/mol. The van der Waals surface area contributed by atoms with Gasteiger partial charge < -0.3 is 5.11 Å². The SMILES string of the molecule is CC(Cc1[nH]ncc1-c1ccccc1F)C(=O)O. The number of halogens is 1. The van der Waals surface area contributed by atoms with Crippen molar-refractivity contribution in [2.45, 2.75) is 13.3 Å². The Labute approximate surface area is 103 Å². The van der Waals surface area contributed by atoms with Gasteiger partial charge in [-0.2, -0.15) is 5.10 Å². The minimum absolute atomic E-state index is 0.291. The van der Waals surface area contributed by atoms with Crippen LogP contribution in [-0.4, -0.2) is 21.3 Å². The first-order valence-electron chi connectivity index (χ1n) is 5.59. The van der Waals surface area contributed by atoms with Crippen molar-refractivity contribution in [2.75, 3.05) is 0 Å². The normalized spacial score (nSPS) is 12.3. The van der Waals surface area contributed by atoms with Gasteiger partial charge in [-0.3, -0.25) is 9.89 Å². The predicted octanol–water partition coefficient (Wildman–Crippen LogP) is 2.48. The fourth-order valence-electron chi connectivity index (χ4n) is 1.77. The summed E-state index contributed by atoms with van der Waals surface area (Å²) in [5.74, 6) is -1.77. The summed E-state index contributed by atoms with van der Waals surface area (Å²) in [6.07, 6.45) is 1.81. The largest absolute Gasteiger partial charge is 0.481 e. The van der Waals surface area contributed by atoms with Gasteiger partial charge in [-0.1, -0.05) is 25.1 Å². The van der Waals surface area contributed by atoms with E-state index in [-0.39, 0.29) is 5.82 Å². The van der Waals surface area contributed by atoms with Gasteiger partial charge >= 0.3 is 5.97 Å². The Kier molecular flexibility index (Phi) is 3.41. The third-order valence-corrected chi connectivity index (χ3v) is 2.81. The highest BCUT2D eigenvalue weighted by Crippen LogP contribution is 2.26. The van der Waals surface area contributed by atoms with Crippen molar-refractivity contribution in [3.05, 3.63) is 42.0 Å². The van der Waals surface area contributed by atoms with E-state index in [1.165, 1.54) is 12.3 Å². The summed E-state index contributed by atoms with van der Waals surface area (Å²) < 4.78 is 13.7. The number of hydrogen-bond donors (Lipinski definition) is 2. The van der Waals surface area contributed by atoms with Crippen molar-refractivity contribution < 1.29 is 14.3 Å². The number of aromatic nitrogens is 2. The molecule has 5 heteroatoms. The maximum Gasteiger partial charge on any atom is 0.306 e. The summed E-state index contributed by atoms with van der Waals surface area (Å²) in [6, 6.07) is 6.36. The number of aliphatic carboxylic acids is 1. The second-order valence-electron chi connectivity index (χ2n) is 4.19. The highest BCUT2D eigenvalue weighted by atomic mass is 19.1. The molecule has 0 aliphatic heterocycles. The molecule has 0 saturated heterocycles. The van der Waals surface area contributed by atoms with Gasteiger partial charge in [0.05, 0.1) is 12.1 Å². The maximum absolute atomic E-state index is 13.7. The van der Waals surface area contributed by atoms with Gasteiger partial charge in [0.1, 0.15) is 5.82 Å². The van der Waals surface area contributed by atoms with Crippen LogP contribution < -0.4 is 0 Å². The van der Waals surface area contributed by atoms with Crippen LogP contribution in [0.3, 0.4) is 0 Å². The van der Waals surface area contributed by atoms with Crippen molar-refractivity contribution >= 4 is 5.97 Å². The van der Waals surface area contributed by atoms with Gasteiger partial charge in [-0.25, -0.2) is 4.39 Å². The van der Waals surface area contributed by atoms with E-state index < -0.39 is 11.9 Å². The molecular weight excluding hydrogens is 235 g/mol. The van der Waals surface area contributed by atoms with Crippen LogP contribution in [-0.2, 0) is 11.2 Å². The van der Waals surface area contributed by atoms with Crippen molar-refractivity contribution in [3.8, 4) is 11.1 Å². The highest BCUT2D eigenvalue weighted by Gasteiger charge is 2.17. The molecule has 1 heterocycles. The Balaban J connectivity index is 2.34. The van der Waals surface area contributed by atoms with Crippen LogP contribution in [0.4, 0.5) is 4.39 Å². The van der Waals surface area contributed by atoms with E-state index in [4.69, 9.17) is 5.11 Å². The van der Waals surface area contributed by atoms with Crippen molar-refractivity contribution in [1.82, 2.24) is 10.2 Å². The second-order valence-corrected chi connectivity index (χ2v) is 4.19. The summed E-state index contributed by atoms with van der Waals surface area (Å²) in [4.78, 5) is 10.8. The number of H-pyrrole nitrogens is 1. The van der Waals surface area contributed by atoms with E-state index in [2.05, 4.69) is 10.2 Å². The van der Waals surface area contributed by atoms with Crippen LogP contribution in [0.25, 0.3) is 11.1 Å². The van der Waals surface area contributed by atoms with E-state index in [1.807, 2.05) is 0 Å². The third kappa shape index (κ3) is 2.40. The molecule has 2 aromatic rings. The molecule has 0 radical (unpaired) electrons. The molecule has 18 heavy (non-hydrogen) atoms. The first-order chi connectivity index (χ1) is 8.59. The van der Waals surface area contributed by atoms with Crippen molar-refractivity contribution in [2.24, 2.45) is 5.92 Å². The molecule has 1 aromatic heterocycles. The molecule has 0 spiro atoms. The number of nitrogens with one attached hydrogen (secondary N) is 1. The summed E-state index contributed by atoms with van der Waals surface area (Å²) in [6.45, 7) is 1.61. The Morgan fingerprint density at radius 3 is 2.83 bits per heavy atom. The van der Waals surface area contributed by atoms with Crippen LogP contribution in [0.5, 0.6) is 0 Å². The van der Waals surface area contributed by atoms with E-state index in [0.29, 0.717) is 23.2 Å². The van der Waals surface area contributed by atoms with E-state index in [0.717, 1.165) is 0 Å². The molecule has 0 aliphatic carbocycles. The molecule has 0 saturated carbocycles. The van der Waals surface area contributed by atoms with E-state index in [9.17, 15) is 9.18 Å². The molecule has 1 atom stereocenters. The summed E-state index contributed by atoms with van der Waals surface area (Å²) >= 11 is 0. The Bertz CT molecular complexity index is 566. The lowest BCUT2D eigenvalue weighted by atomic mass is 9.99. The molecule has 0 amide bonds. The highest BCUT2D eigenvalue weighted by molar-refractivity contribution is 5.71. The molecule has 1 aromatic carbocycles. The standard InChI is InChI=1S/C13H13FN2O2/c1-8(13(17)18)6-12-10(7-15-16-12)9-4-2-3-5-11(9)14/h2-5,7-8H,6H2,1H3,(H,15,16)(H,17,18). The minimum atomic E-state index is -0.885. The second kappa shape index (κ2) is 5.00. The van der Waals surface area contributed by atoms with Crippen LogP contribution in [0.15, 0.2) is 30.5 Å². The van der Waals surface area contributed by atoms with E-state index >= 15 is 0 Å². The molecular formula is C13H13FN2O2. The third-order valence-electron chi connectivity index (χ3n) is 2.81. The van der Waals surface area contributed by atoms with Crippen molar-refractivity contribution in [3.63, 3.8) is 0 Å². The minimum Gasteiger partial charge on any atom is -0.481 e. The number of rotatable bonds is 4. The molecule has 0 aliphatic rings. The van der Waals surface area contributed by atoms with Gasteiger partial charge in [0.2, 0.25) is 0 Å². The Morgan fingerprint density at radius 2 is 2.17 bits per heavy atom. The number of nitrogens with zero attached hydrogens (tertiary/aromatic N) is 1. The smallest absolute Gasteiger partial charge is 0.306 e. The zero-order valence-electron chi connectivity index (χ0n) is 9.85. The molecule has 1 unspecified atom stereocenters. The van der Waals surface area contributed by atoms with Crippen LogP contribution in [0, 0.1) is 11.7 Å². The lowest BCUT2D eigenvalue weighted by molar-refractivity contribution is -0.141. The van der Waals surface area contributed by atoms with Gasteiger partial charge in [-0.05, 0) is 6.07 Å². The number of carboxylic acid groups (broad SMARTS) is 1. The summed E-state index contributed by atoms with van der Waals surface area (Å²) in [5.41, 5.74) is 1.68. The molecule has 0 bridgehead atoms. The Hall–Kier alpha value is -2.17. The number of hydrogen-bond acceptors (Lipinski definition) is 2. The van der Waals surface area contributed by atoms with E-state index in [1.54, 1.807) is 25.1 Å². The van der Waals surface area contributed by atoms with Crippen LogP contribution in [0.2, 0.25) is 0 Å². The lowest BCUT2D eigenvalue weighted by Crippen LogP contribution is -2.13. The number of carbonyl (C=O) groups is 1. The van der Waals surface area contributed by atoms with Gasteiger partial charge in [0, 0.05) is 23.2 Å². The Morgan fingerprint density at radius 1 is 1.44 bits per heavy atom. The quantitative estimate of drug-likeness (QED) is 0.873. The molecule has 0 fully saturated rings. The fraction of sp³-hybridized carbons (Fsp3) is 0.231. The first-order valence-corrected chi connectivity index (χ1v) is 5.59. The zero-order valence-corrected chi connectivity index (χ0v) is 9.85. The number of aromatic amines is 1. The van der Waals surface area contributed by atoms with Crippen LogP contribution >= 0.6 is 0 Å². The average Bonchev–Trinajstić information content (AvgIpc) is 2.77. The van der Waals surface area contributed by atoms with Gasteiger partial charge in [0.15, 0.2) is 0 Å². The van der Waals surface area contributed by atoms with Crippen LogP contribution in [0.1, 0.15) is 12.6 Å². The number of carboxylic acids is 1. The fourth-order valence-corrected chi connectivity index (χ4v) is 1.77. The summed E-state index contributed by atoms with van der Waals surface area (Å²) in [7, 11) is 0. The van der Waals surface area contributed by atoms with Crippen molar-refractivity contribution in [1.29, 1.82) is 0 Å².